The molecule has 2 rings (SSSR count). The lowest BCUT2D eigenvalue weighted by atomic mass is 10.2. The van der Waals surface area contributed by atoms with Gasteiger partial charge in [-0.15, -0.1) is 0 Å². The minimum absolute atomic E-state index is 0.115. The quantitative estimate of drug-likeness (QED) is 0.860. The van der Waals surface area contributed by atoms with Crippen LogP contribution in [0.15, 0.2) is 58.8 Å². The molecule has 98 valence electrons. The highest BCUT2D eigenvalue weighted by Gasteiger charge is 2.10. The maximum Gasteiger partial charge on any atom is 0.199 e. The number of sulfone groups is 1. The van der Waals surface area contributed by atoms with E-state index in [4.69, 9.17) is 11.6 Å². The lowest BCUT2D eigenvalue weighted by Gasteiger charge is -1.99. The zero-order valence-corrected chi connectivity index (χ0v) is 11.3. The van der Waals surface area contributed by atoms with Gasteiger partial charge in [0.25, 0.3) is 0 Å². The smallest absolute Gasteiger partial charge is 0.199 e. The van der Waals surface area contributed by atoms with Gasteiger partial charge in [0.2, 0.25) is 0 Å². The molecule has 0 amide bonds. The molecule has 2 nitrogen and oxygen atoms in total. The van der Waals surface area contributed by atoms with Crippen LogP contribution in [-0.4, -0.2) is 8.42 Å². The summed E-state index contributed by atoms with van der Waals surface area (Å²) in [6.07, 6.45) is 1.24. The van der Waals surface area contributed by atoms with Crippen LogP contribution < -0.4 is 0 Å². The Morgan fingerprint density at radius 3 is 2.26 bits per heavy atom. The molecule has 0 N–H and O–H groups in total. The molecule has 0 fully saturated rings. The molecule has 0 atom stereocenters. The van der Waals surface area contributed by atoms with Crippen molar-refractivity contribution in [2.75, 3.05) is 0 Å². The van der Waals surface area contributed by atoms with Gasteiger partial charge in [-0.3, -0.25) is 0 Å². The summed E-state index contributed by atoms with van der Waals surface area (Å²) in [5, 5.41) is 1.44. The molecule has 19 heavy (non-hydrogen) atoms. The molecule has 0 saturated heterocycles. The SMILES string of the molecule is O=S(=O)(/C=C/c1ccccc1F)c1ccc(Cl)cc1. The Labute approximate surface area is 116 Å². The van der Waals surface area contributed by atoms with Crippen molar-refractivity contribution in [1.82, 2.24) is 0 Å². The standard InChI is InChI=1S/C14H10ClFO2S/c15-12-5-7-13(8-6-12)19(17,18)10-9-11-3-1-2-4-14(11)16/h1-10H/b10-9+. The molecule has 0 aliphatic heterocycles. The molecule has 0 aliphatic carbocycles. The molecule has 0 bridgehead atoms. The fourth-order valence-corrected chi connectivity index (χ4v) is 2.60. The Bertz CT molecular complexity index is 706. The van der Waals surface area contributed by atoms with Crippen molar-refractivity contribution in [3.8, 4) is 0 Å². The van der Waals surface area contributed by atoms with Crippen LogP contribution in [0.25, 0.3) is 6.08 Å². The number of rotatable bonds is 3. The van der Waals surface area contributed by atoms with Gasteiger partial charge >= 0.3 is 0 Å². The van der Waals surface area contributed by atoms with Gasteiger partial charge in [-0.2, -0.15) is 0 Å². The molecule has 5 heteroatoms. The summed E-state index contributed by atoms with van der Waals surface area (Å²) in [7, 11) is -3.60. The number of hydrogen-bond acceptors (Lipinski definition) is 2. The van der Waals surface area contributed by atoms with Gasteiger partial charge in [-0.1, -0.05) is 29.8 Å². The third kappa shape index (κ3) is 3.43. The van der Waals surface area contributed by atoms with Crippen molar-refractivity contribution in [1.29, 1.82) is 0 Å². The van der Waals surface area contributed by atoms with Crippen LogP contribution in [0.3, 0.4) is 0 Å². The minimum atomic E-state index is -3.60. The van der Waals surface area contributed by atoms with E-state index in [0.717, 1.165) is 5.41 Å². The molecule has 0 spiro atoms. The van der Waals surface area contributed by atoms with Gasteiger partial charge in [-0.25, -0.2) is 12.8 Å². The van der Waals surface area contributed by atoms with Gasteiger partial charge in [0.15, 0.2) is 9.84 Å². The highest BCUT2D eigenvalue weighted by atomic mass is 35.5. The van der Waals surface area contributed by atoms with Crippen LogP contribution in [-0.2, 0) is 9.84 Å². The van der Waals surface area contributed by atoms with E-state index in [2.05, 4.69) is 0 Å². The summed E-state index contributed by atoms with van der Waals surface area (Å²) in [4.78, 5) is 0.115. The Morgan fingerprint density at radius 2 is 1.63 bits per heavy atom. The summed E-state index contributed by atoms with van der Waals surface area (Å²) in [5.74, 6) is -0.468. The third-order valence-corrected chi connectivity index (χ3v) is 4.15. The monoisotopic (exact) mass is 296 g/mol. The summed E-state index contributed by atoms with van der Waals surface area (Å²) in [6, 6.07) is 11.7. The summed E-state index contributed by atoms with van der Waals surface area (Å²) in [5.41, 5.74) is 0.222. The fourth-order valence-electron chi connectivity index (χ4n) is 1.48. The summed E-state index contributed by atoms with van der Waals surface area (Å²) < 4.78 is 37.3. The molecule has 0 saturated carbocycles. The van der Waals surface area contributed by atoms with E-state index in [9.17, 15) is 12.8 Å². The maximum absolute atomic E-state index is 13.4. The van der Waals surface area contributed by atoms with Crippen LogP contribution >= 0.6 is 11.6 Å². The van der Waals surface area contributed by atoms with Crippen molar-refractivity contribution in [2.45, 2.75) is 4.90 Å². The molecule has 0 unspecified atom stereocenters. The van der Waals surface area contributed by atoms with E-state index in [1.165, 1.54) is 42.5 Å². The maximum atomic E-state index is 13.4. The first-order valence-corrected chi connectivity index (χ1v) is 7.35. The third-order valence-electron chi connectivity index (χ3n) is 2.47. The van der Waals surface area contributed by atoms with Crippen molar-refractivity contribution in [3.05, 3.63) is 70.3 Å². The predicted molar refractivity (Wildman–Crippen MR) is 74.1 cm³/mol. The number of halogens is 2. The van der Waals surface area contributed by atoms with E-state index in [1.807, 2.05) is 0 Å². The Balaban J connectivity index is 2.32. The molecule has 0 aromatic heterocycles. The number of benzene rings is 2. The molecular formula is C14H10ClFO2S. The summed E-state index contributed by atoms with van der Waals surface area (Å²) >= 11 is 5.69. The second kappa shape index (κ2) is 5.55. The van der Waals surface area contributed by atoms with Gasteiger partial charge in [0.1, 0.15) is 5.82 Å². The zero-order valence-electron chi connectivity index (χ0n) is 9.75. The van der Waals surface area contributed by atoms with E-state index in [-0.39, 0.29) is 10.5 Å². The van der Waals surface area contributed by atoms with E-state index < -0.39 is 15.7 Å². The molecule has 2 aromatic carbocycles. The van der Waals surface area contributed by atoms with Crippen molar-refractivity contribution in [3.63, 3.8) is 0 Å². The second-order valence-electron chi connectivity index (χ2n) is 3.82. The first kappa shape index (κ1) is 13.8. The zero-order chi connectivity index (χ0) is 13.9. The van der Waals surface area contributed by atoms with Crippen molar-refractivity contribution < 1.29 is 12.8 Å². The first-order chi connectivity index (χ1) is 8.99. The van der Waals surface area contributed by atoms with Gasteiger partial charge in [0, 0.05) is 16.0 Å². The van der Waals surface area contributed by atoms with Crippen LogP contribution in [0, 0.1) is 5.82 Å². The predicted octanol–water partition coefficient (Wildman–Crippen LogP) is 3.92. The largest absolute Gasteiger partial charge is 0.219 e. The lowest BCUT2D eigenvalue weighted by molar-refractivity contribution is 0.605. The minimum Gasteiger partial charge on any atom is -0.219 e. The average Bonchev–Trinajstić information content (AvgIpc) is 2.38. The fraction of sp³-hybridized carbons (Fsp3) is 0. The average molecular weight is 297 g/mol. The van der Waals surface area contributed by atoms with E-state index >= 15 is 0 Å². The summed E-state index contributed by atoms with van der Waals surface area (Å²) in [6.45, 7) is 0. The molecular weight excluding hydrogens is 287 g/mol. The Morgan fingerprint density at radius 1 is 1.00 bits per heavy atom. The molecule has 0 radical (unpaired) electrons. The molecule has 2 aromatic rings. The van der Waals surface area contributed by atoms with Crippen molar-refractivity contribution in [2.24, 2.45) is 0 Å². The topological polar surface area (TPSA) is 34.1 Å². The van der Waals surface area contributed by atoms with Crippen LogP contribution in [0.2, 0.25) is 5.02 Å². The highest BCUT2D eigenvalue weighted by Crippen LogP contribution is 2.17. The Kier molecular flexibility index (Phi) is 4.02. The van der Waals surface area contributed by atoms with Gasteiger partial charge in [0.05, 0.1) is 4.90 Å². The Hall–Kier alpha value is -1.65. The van der Waals surface area contributed by atoms with E-state index in [1.54, 1.807) is 12.1 Å². The van der Waals surface area contributed by atoms with Crippen LogP contribution in [0.4, 0.5) is 4.39 Å². The lowest BCUT2D eigenvalue weighted by Crippen LogP contribution is -1.95. The second-order valence-corrected chi connectivity index (χ2v) is 6.09. The van der Waals surface area contributed by atoms with Gasteiger partial charge < -0.3 is 0 Å². The van der Waals surface area contributed by atoms with Crippen molar-refractivity contribution >= 4 is 27.5 Å². The molecule has 0 aliphatic rings. The van der Waals surface area contributed by atoms with Gasteiger partial charge in [-0.05, 0) is 36.4 Å². The highest BCUT2D eigenvalue weighted by molar-refractivity contribution is 7.94. The van der Waals surface area contributed by atoms with E-state index in [0.29, 0.717) is 5.02 Å². The van der Waals surface area contributed by atoms with Crippen LogP contribution in [0.5, 0.6) is 0 Å². The van der Waals surface area contributed by atoms with Crippen LogP contribution in [0.1, 0.15) is 5.56 Å². The molecule has 0 heterocycles. The first-order valence-electron chi connectivity index (χ1n) is 5.42. The number of hydrogen-bond donors (Lipinski definition) is 0. The normalized spacial score (nSPS) is 11.9.